The van der Waals surface area contributed by atoms with Crippen LogP contribution in [0.2, 0.25) is 0 Å². The third kappa shape index (κ3) is 5.09. The molecule has 2 fully saturated rings. The highest BCUT2D eigenvalue weighted by atomic mass is 19.4. The molecule has 9 heteroatoms. The van der Waals surface area contributed by atoms with Crippen LogP contribution in [0.15, 0.2) is 30.5 Å². The van der Waals surface area contributed by atoms with E-state index in [9.17, 15) is 18.0 Å². The van der Waals surface area contributed by atoms with Gasteiger partial charge in [0, 0.05) is 24.5 Å². The maximum atomic E-state index is 12.8. The molecule has 2 aromatic rings. The number of nitrogens with one attached hydrogen (secondary N) is 1. The average Bonchev–Trinajstić information content (AvgIpc) is 3.44. The second kappa shape index (κ2) is 8.77. The van der Waals surface area contributed by atoms with E-state index in [1.165, 1.54) is 25.0 Å². The minimum Gasteiger partial charge on any atom is -0.365 e. The van der Waals surface area contributed by atoms with E-state index in [2.05, 4.69) is 29.3 Å². The molecule has 1 aromatic carbocycles. The number of rotatable bonds is 7. The maximum Gasteiger partial charge on any atom is 0.416 e. The van der Waals surface area contributed by atoms with E-state index in [1.54, 1.807) is 10.9 Å². The summed E-state index contributed by atoms with van der Waals surface area (Å²) in [6, 6.07) is 5.31. The SMILES string of the molecule is C[C@H]1C[C@H](N(C)CC2CC2)CC[C@@H]1n1cc(C(N)=O)c(Nc2ccc(C(F)(F)F)cc2)n1. The number of aromatic nitrogens is 2. The van der Waals surface area contributed by atoms with Crippen LogP contribution in [-0.4, -0.2) is 40.2 Å². The Morgan fingerprint density at radius 1 is 1.22 bits per heavy atom. The number of primary amides is 1. The van der Waals surface area contributed by atoms with Gasteiger partial charge in [0.25, 0.3) is 5.91 Å². The Morgan fingerprint density at radius 3 is 2.47 bits per heavy atom. The van der Waals surface area contributed by atoms with E-state index >= 15 is 0 Å². The van der Waals surface area contributed by atoms with Gasteiger partial charge >= 0.3 is 6.18 Å². The lowest BCUT2D eigenvalue weighted by molar-refractivity contribution is -0.137. The molecule has 4 rings (SSSR count). The molecule has 2 aliphatic rings. The standard InChI is InChI=1S/C23H30F3N5O/c1-14-11-18(30(2)12-15-3-4-15)9-10-20(14)31-13-19(21(27)32)22(29-31)28-17-7-5-16(6-8-17)23(24,25)26/h5-8,13-15,18,20H,3-4,9-12H2,1-2H3,(H2,27,32)(H,28,29)/t14-,18+,20-/m0/s1. The van der Waals surface area contributed by atoms with Gasteiger partial charge in [-0.25, -0.2) is 0 Å². The number of nitrogens with zero attached hydrogens (tertiary/aromatic N) is 3. The molecule has 1 aromatic heterocycles. The second-order valence-electron chi connectivity index (χ2n) is 9.33. The van der Waals surface area contributed by atoms with Crippen LogP contribution < -0.4 is 11.1 Å². The van der Waals surface area contributed by atoms with E-state index in [4.69, 9.17) is 5.73 Å². The Kier molecular flexibility index (Phi) is 6.20. The van der Waals surface area contributed by atoms with Crippen molar-refractivity contribution in [1.82, 2.24) is 14.7 Å². The van der Waals surface area contributed by atoms with Gasteiger partial charge in [0.2, 0.25) is 0 Å². The summed E-state index contributed by atoms with van der Waals surface area (Å²) in [6.07, 6.45) is 3.00. The maximum absolute atomic E-state index is 12.8. The lowest BCUT2D eigenvalue weighted by Crippen LogP contribution is -2.40. The Balaban J connectivity index is 1.47. The summed E-state index contributed by atoms with van der Waals surface area (Å²) >= 11 is 0. The van der Waals surface area contributed by atoms with E-state index in [1.807, 2.05) is 0 Å². The highest BCUT2D eigenvalue weighted by molar-refractivity contribution is 5.98. The lowest BCUT2D eigenvalue weighted by atomic mass is 9.82. The van der Waals surface area contributed by atoms with E-state index in [0.29, 0.717) is 17.6 Å². The Morgan fingerprint density at radius 2 is 1.91 bits per heavy atom. The van der Waals surface area contributed by atoms with Crippen molar-refractivity contribution in [2.75, 3.05) is 18.9 Å². The summed E-state index contributed by atoms with van der Waals surface area (Å²) < 4.78 is 40.2. The number of hydrogen-bond donors (Lipinski definition) is 2. The molecule has 174 valence electrons. The molecule has 0 unspecified atom stereocenters. The molecule has 1 heterocycles. The van der Waals surface area contributed by atoms with Crippen LogP contribution >= 0.6 is 0 Å². The minimum absolute atomic E-state index is 0.141. The number of carbonyl (C=O) groups is 1. The van der Waals surface area contributed by atoms with E-state index < -0.39 is 17.6 Å². The summed E-state index contributed by atoms with van der Waals surface area (Å²) in [6.45, 7) is 3.37. The van der Waals surface area contributed by atoms with Crippen LogP contribution in [0.4, 0.5) is 24.7 Å². The molecular formula is C23H30F3N5O. The zero-order chi connectivity index (χ0) is 23.0. The van der Waals surface area contributed by atoms with Crippen molar-refractivity contribution >= 4 is 17.4 Å². The van der Waals surface area contributed by atoms with Crippen molar-refractivity contribution < 1.29 is 18.0 Å². The van der Waals surface area contributed by atoms with Crippen molar-refractivity contribution in [3.05, 3.63) is 41.6 Å². The number of carbonyl (C=O) groups excluding carboxylic acids is 1. The highest BCUT2D eigenvalue weighted by Gasteiger charge is 2.34. The molecular weight excluding hydrogens is 419 g/mol. The molecule has 0 saturated heterocycles. The Bertz CT molecular complexity index is 952. The zero-order valence-corrected chi connectivity index (χ0v) is 18.4. The molecule has 3 atom stereocenters. The summed E-state index contributed by atoms with van der Waals surface area (Å²) in [4.78, 5) is 14.5. The van der Waals surface area contributed by atoms with Crippen LogP contribution in [0.25, 0.3) is 0 Å². The predicted octanol–water partition coefficient (Wildman–Crippen LogP) is 4.82. The summed E-state index contributed by atoms with van der Waals surface area (Å²) in [7, 11) is 2.21. The molecule has 2 saturated carbocycles. The quantitative estimate of drug-likeness (QED) is 0.636. The van der Waals surface area contributed by atoms with Gasteiger partial charge in [-0.15, -0.1) is 0 Å². The number of anilines is 2. The van der Waals surface area contributed by atoms with Crippen LogP contribution in [0.3, 0.4) is 0 Å². The van der Waals surface area contributed by atoms with Gasteiger partial charge < -0.3 is 16.0 Å². The normalized spacial score (nSPS) is 24.0. The van der Waals surface area contributed by atoms with E-state index in [-0.39, 0.29) is 17.4 Å². The van der Waals surface area contributed by atoms with Gasteiger partial charge in [-0.2, -0.15) is 18.3 Å². The van der Waals surface area contributed by atoms with Gasteiger partial charge in [-0.3, -0.25) is 9.48 Å². The molecule has 0 radical (unpaired) electrons. The molecule has 32 heavy (non-hydrogen) atoms. The monoisotopic (exact) mass is 449 g/mol. The Hall–Kier alpha value is -2.55. The van der Waals surface area contributed by atoms with Crippen LogP contribution in [0, 0.1) is 11.8 Å². The smallest absolute Gasteiger partial charge is 0.365 e. The van der Waals surface area contributed by atoms with Crippen LogP contribution in [-0.2, 0) is 6.18 Å². The van der Waals surface area contributed by atoms with Crippen LogP contribution in [0.5, 0.6) is 0 Å². The highest BCUT2D eigenvalue weighted by Crippen LogP contribution is 2.38. The van der Waals surface area contributed by atoms with Crippen molar-refractivity contribution in [3.63, 3.8) is 0 Å². The third-order valence-corrected chi connectivity index (χ3v) is 6.77. The lowest BCUT2D eigenvalue weighted by Gasteiger charge is -2.38. The minimum atomic E-state index is -4.40. The van der Waals surface area contributed by atoms with Crippen molar-refractivity contribution in [2.24, 2.45) is 17.6 Å². The number of halogens is 3. The van der Waals surface area contributed by atoms with Crippen molar-refractivity contribution in [2.45, 2.75) is 57.3 Å². The first-order valence-corrected chi connectivity index (χ1v) is 11.1. The van der Waals surface area contributed by atoms with Crippen LogP contribution in [0.1, 0.15) is 61.0 Å². The fourth-order valence-electron chi connectivity index (χ4n) is 4.72. The van der Waals surface area contributed by atoms with Gasteiger partial charge in [-0.05, 0) is 75.3 Å². The van der Waals surface area contributed by atoms with Gasteiger partial charge in [0.05, 0.1) is 11.6 Å². The van der Waals surface area contributed by atoms with Crippen molar-refractivity contribution in [1.29, 1.82) is 0 Å². The number of benzene rings is 1. The first-order valence-electron chi connectivity index (χ1n) is 11.1. The van der Waals surface area contributed by atoms with Gasteiger partial charge in [0.1, 0.15) is 5.56 Å². The fourth-order valence-corrected chi connectivity index (χ4v) is 4.72. The first kappa shape index (κ1) is 22.6. The molecule has 1 amide bonds. The zero-order valence-electron chi connectivity index (χ0n) is 18.4. The largest absolute Gasteiger partial charge is 0.416 e. The summed E-state index contributed by atoms with van der Waals surface area (Å²) in [5, 5.41) is 7.52. The molecule has 0 spiro atoms. The fraction of sp³-hybridized carbons (Fsp3) is 0.565. The number of alkyl halides is 3. The average molecular weight is 450 g/mol. The molecule has 3 N–H and O–H groups in total. The molecule has 0 bridgehead atoms. The number of nitrogens with two attached hydrogens (primary N) is 1. The molecule has 6 nitrogen and oxygen atoms in total. The van der Waals surface area contributed by atoms with Crippen molar-refractivity contribution in [3.8, 4) is 0 Å². The third-order valence-electron chi connectivity index (χ3n) is 6.77. The Labute approximate surface area is 186 Å². The van der Waals surface area contributed by atoms with E-state index in [0.717, 1.165) is 43.9 Å². The number of amides is 1. The van der Waals surface area contributed by atoms with Gasteiger partial charge in [0.15, 0.2) is 5.82 Å². The predicted molar refractivity (Wildman–Crippen MR) is 117 cm³/mol. The summed E-state index contributed by atoms with van der Waals surface area (Å²) in [5.41, 5.74) is 5.45. The molecule has 0 aliphatic heterocycles. The molecule has 2 aliphatic carbocycles. The number of hydrogen-bond acceptors (Lipinski definition) is 4. The second-order valence-corrected chi connectivity index (χ2v) is 9.33. The summed E-state index contributed by atoms with van der Waals surface area (Å²) in [5.74, 6) is 0.861. The topological polar surface area (TPSA) is 76.2 Å². The first-order chi connectivity index (χ1) is 15.1. The van der Waals surface area contributed by atoms with Gasteiger partial charge in [-0.1, -0.05) is 6.92 Å².